The van der Waals surface area contributed by atoms with Gasteiger partial charge in [0.05, 0.1) is 11.0 Å². The van der Waals surface area contributed by atoms with E-state index in [1.54, 1.807) is 31.5 Å². The molecule has 0 saturated carbocycles. The second-order valence-corrected chi connectivity index (χ2v) is 6.61. The predicted octanol–water partition coefficient (Wildman–Crippen LogP) is 3.54. The Balaban J connectivity index is 1.98. The largest absolute Gasteiger partial charge is 0.389 e. The van der Waals surface area contributed by atoms with Gasteiger partial charge in [0, 0.05) is 11.4 Å². The molecule has 21 heavy (non-hydrogen) atoms. The van der Waals surface area contributed by atoms with Gasteiger partial charge in [-0.1, -0.05) is 30.3 Å². The minimum Gasteiger partial charge on any atom is -0.389 e. The van der Waals surface area contributed by atoms with E-state index in [1.165, 1.54) is 5.56 Å². The highest BCUT2D eigenvalue weighted by Gasteiger charge is 2.15. The molecule has 3 aromatic rings. The standard InChI is InChI=1S/C16H17N3OS/c1-16(2,20)9-17-14-12-8-13(11-6-4-3-5-7-11)21-15(12)19-10-18-14/h3-8,10,20H,9H2,1-2H3,(H,17,18,19). The van der Waals surface area contributed by atoms with E-state index >= 15 is 0 Å². The Morgan fingerprint density at radius 1 is 1.19 bits per heavy atom. The van der Waals surface area contributed by atoms with Crippen molar-refractivity contribution in [2.24, 2.45) is 0 Å². The van der Waals surface area contributed by atoms with E-state index in [9.17, 15) is 5.11 Å². The van der Waals surface area contributed by atoms with E-state index in [0.717, 1.165) is 20.9 Å². The maximum Gasteiger partial charge on any atom is 0.138 e. The number of nitrogens with zero attached hydrogens (tertiary/aromatic N) is 2. The van der Waals surface area contributed by atoms with Crippen LogP contribution in [0.25, 0.3) is 20.7 Å². The summed E-state index contributed by atoms with van der Waals surface area (Å²) in [6, 6.07) is 12.3. The summed E-state index contributed by atoms with van der Waals surface area (Å²) >= 11 is 1.64. The first kappa shape index (κ1) is 14.0. The number of aliphatic hydroxyl groups is 1. The molecule has 0 unspecified atom stereocenters. The van der Waals surface area contributed by atoms with E-state index in [-0.39, 0.29) is 0 Å². The topological polar surface area (TPSA) is 58.0 Å². The average molecular weight is 299 g/mol. The van der Waals surface area contributed by atoms with Gasteiger partial charge in [-0.2, -0.15) is 0 Å². The fourth-order valence-electron chi connectivity index (χ4n) is 2.04. The summed E-state index contributed by atoms with van der Waals surface area (Å²) in [6.45, 7) is 3.97. The molecule has 3 rings (SSSR count). The molecule has 0 spiro atoms. The number of hydrogen-bond donors (Lipinski definition) is 2. The van der Waals surface area contributed by atoms with Crippen LogP contribution >= 0.6 is 11.3 Å². The van der Waals surface area contributed by atoms with Crippen LogP contribution in [0.15, 0.2) is 42.7 Å². The number of thiophene rings is 1. The summed E-state index contributed by atoms with van der Waals surface area (Å²) in [5, 5.41) is 14.0. The van der Waals surface area contributed by atoms with Gasteiger partial charge >= 0.3 is 0 Å². The molecule has 0 aliphatic heterocycles. The number of nitrogens with one attached hydrogen (secondary N) is 1. The van der Waals surface area contributed by atoms with Crippen molar-refractivity contribution in [1.29, 1.82) is 0 Å². The van der Waals surface area contributed by atoms with Crippen molar-refractivity contribution >= 4 is 27.4 Å². The lowest BCUT2D eigenvalue weighted by molar-refractivity contribution is 0.0944. The number of fused-ring (bicyclic) bond motifs is 1. The molecule has 5 heteroatoms. The summed E-state index contributed by atoms with van der Waals surface area (Å²) in [5.74, 6) is 0.764. The number of aromatic nitrogens is 2. The summed E-state index contributed by atoms with van der Waals surface area (Å²) < 4.78 is 0. The van der Waals surface area contributed by atoms with Gasteiger partial charge in [-0.15, -0.1) is 11.3 Å². The Hall–Kier alpha value is -1.98. The lowest BCUT2D eigenvalue weighted by Gasteiger charge is -2.18. The molecule has 0 fully saturated rings. The Bertz CT molecular complexity index is 747. The smallest absolute Gasteiger partial charge is 0.138 e. The molecule has 0 amide bonds. The molecule has 0 radical (unpaired) electrons. The molecular formula is C16H17N3OS. The van der Waals surface area contributed by atoms with Crippen molar-refractivity contribution in [1.82, 2.24) is 9.97 Å². The third-order valence-corrected chi connectivity index (χ3v) is 4.17. The first-order chi connectivity index (χ1) is 10.0. The van der Waals surface area contributed by atoms with Crippen molar-refractivity contribution in [3.63, 3.8) is 0 Å². The van der Waals surface area contributed by atoms with Gasteiger partial charge < -0.3 is 10.4 Å². The minimum absolute atomic E-state index is 0.440. The molecule has 0 aliphatic carbocycles. The van der Waals surface area contributed by atoms with Crippen LogP contribution < -0.4 is 5.32 Å². The highest BCUT2D eigenvalue weighted by atomic mass is 32.1. The third-order valence-electron chi connectivity index (χ3n) is 3.08. The van der Waals surface area contributed by atoms with Crippen molar-refractivity contribution in [2.45, 2.75) is 19.4 Å². The Labute approximate surface area is 127 Å². The molecule has 0 atom stereocenters. The third kappa shape index (κ3) is 3.20. The monoisotopic (exact) mass is 299 g/mol. The van der Waals surface area contributed by atoms with Gasteiger partial charge in [-0.25, -0.2) is 9.97 Å². The summed E-state index contributed by atoms with van der Waals surface area (Å²) in [6.07, 6.45) is 1.56. The van der Waals surface area contributed by atoms with Crippen LogP contribution in [0.5, 0.6) is 0 Å². The molecular weight excluding hydrogens is 282 g/mol. The van der Waals surface area contributed by atoms with Gasteiger partial charge in [0.25, 0.3) is 0 Å². The van der Waals surface area contributed by atoms with Crippen LogP contribution in [0, 0.1) is 0 Å². The molecule has 108 valence electrons. The molecule has 2 aromatic heterocycles. The number of benzene rings is 1. The number of anilines is 1. The van der Waals surface area contributed by atoms with E-state index in [1.807, 2.05) is 18.2 Å². The fraction of sp³-hybridized carbons (Fsp3) is 0.250. The predicted molar refractivity (Wildman–Crippen MR) is 87.6 cm³/mol. The van der Waals surface area contributed by atoms with Crippen LogP contribution in [-0.4, -0.2) is 27.2 Å². The van der Waals surface area contributed by atoms with Gasteiger partial charge in [-0.05, 0) is 25.5 Å². The van der Waals surface area contributed by atoms with Crippen molar-refractivity contribution in [2.75, 3.05) is 11.9 Å². The Morgan fingerprint density at radius 3 is 2.67 bits per heavy atom. The number of hydrogen-bond acceptors (Lipinski definition) is 5. The molecule has 0 aliphatic rings. The molecule has 0 bridgehead atoms. The van der Waals surface area contributed by atoms with Gasteiger partial charge in [0.2, 0.25) is 0 Å². The van der Waals surface area contributed by atoms with Gasteiger partial charge in [0.15, 0.2) is 0 Å². The summed E-state index contributed by atoms with van der Waals surface area (Å²) in [4.78, 5) is 10.7. The van der Waals surface area contributed by atoms with Crippen LogP contribution in [0.3, 0.4) is 0 Å². The minimum atomic E-state index is -0.782. The Kier molecular flexibility index (Phi) is 3.61. The van der Waals surface area contributed by atoms with Crippen LogP contribution in [0.2, 0.25) is 0 Å². The van der Waals surface area contributed by atoms with Crippen molar-refractivity contribution < 1.29 is 5.11 Å². The second-order valence-electron chi connectivity index (χ2n) is 5.58. The van der Waals surface area contributed by atoms with E-state index in [0.29, 0.717) is 6.54 Å². The first-order valence-electron chi connectivity index (χ1n) is 6.79. The highest BCUT2D eigenvalue weighted by Crippen LogP contribution is 2.34. The fourth-order valence-corrected chi connectivity index (χ4v) is 3.05. The average Bonchev–Trinajstić information content (AvgIpc) is 2.89. The Morgan fingerprint density at radius 2 is 1.95 bits per heavy atom. The first-order valence-corrected chi connectivity index (χ1v) is 7.61. The molecule has 0 saturated heterocycles. The van der Waals surface area contributed by atoms with Crippen LogP contribution in [0.4, 0.5) is 5.82 Å². The molecule has 1 aromatic carbocycles. The zero-order valence-corrected chi connectivity index (χ0v) is 12.8. The zero-order chi connectivity index (χ0) is 14.9. The van der Waals surface area contributed by atoms with Crippen LogP contribution in [0.1, 0.15) is 13.8 Å². The highest BCUT2D eigenvalue weighted by molar-refractivity contribution is 7.21. The van der Waals surface area contributed by atoms with E-state index in [2.05, 4.69) is 33.5 Å². The maximum atomic E-state index is 9.83. The quantitative estimate of drug-likeness (QED) is 0.773. The van der Waals surface area contributed by atoms with Crippen molar-refractivity contribution in [3.05, 3.63) is 42.7 Å². The van der Waals surface area contributed by atoms with E-state index < -0.39 is 5.60 Å². The molecule has 4 nitrogen and oxygen atoms in total. The maximum absolute atomic E-state index is 9.83. The van der Waals surface area contributed by atoms with Gasteiger partial charge in [0.1, 0.15) is 17.0 Å². The molecule has 2 heterocycles. The summed E-state index contributed by atoms with van der Waals surface area (Å²) in [5.41, 5.74) is 0.393. The summed E-state index contributed by atoms with van der Waals surface area (Å²) in [7, 11) is 0. The lowest BCUT2D eigenvalue weighted by Crippen LogP contribution is -2.29. The molecule has 2 N–H and O–H groups in total. The zero-order valence-electron chi connectivity index (χ0n) is 12.0. The van der Waals surface area contributed by atoms with E-state index in [4.69, 9.17) is 0 Å². The SMILES string of the molecule is CC(C)(O)CNc1ncnc2sc(-c3ccccc3)cc12. The lowest BCUT2D eigenvalue weighted by atomic mass is 10.1. The normalized spacial score (nSPS) is 11.8. The van der Waals surface area contributed by atoms with Gasteiger partial charge in [-0.3, -0.25) is 0 Å². The van der Waals surface area contributed by atoms with Crippen molar-refractivity contribution in [3.8, 4) is 10.4 Å². The second kappa shape index (κ2) is 5.42. The number of rotatable bonds is 4. The van der Waals surface area contributed by atoms with Crippen LogP contribution in [-0.2, 0) is 0 Å².